The molecule has 0 aliphatic carbocycles. The second kappa shape index (κ2) is 3.94. The fourth-order valence-electron chi connectivity index (χ4n) is 2.19. The Bertz CT molecular complexity index is 355. The van der Waals surface area contributed by atoms with Gasteiger partial charge in [-0.05, 0) is 20.8 Å². The molecule has 0 bridgehead atoms. The van der Waals surface area contributed by atoms with Crippen LogP contribution >= 0.6 is 0 Å². The lowest BCUT2D eigenvalue weighted by Gasteiger charge is -2.30. The average Bonchev–Trinajstić information content (AvgIpc) is 2.34. The summed E-state index contributed by atoms with van der Waals surface area (Å²) in [5.74, 6) is 0. The topological polar surface area (TPSA) is 39.1 Å². The number of hydrogen-bond acceptors (Lipinski definition) is 3. The molecule has 4 heteroatoms. The van der Waals surface area contributed by atoms with E-state index >= 15 is 0 Å². The third-order valence-corrected chi connectivity index (χ3v) is 3.12. The molecule has 0 amide bonds. The van der Waals surface area contributed by atoms with Gasteiger partial charge in [0.25, 0.3) is 0 Å². The van der Waals surface area contributed by atoms with Crippen molar-refractivity contribution in [2.45, 2.75) is 32.9 Å². The molecule has 1 unspecified atom stereocenters. The van der Waals surface area contributed by atoms with E-state index in [2.05, 4.69) is 31.2 Å². The molecule has 4 nitrogen and oxygen atoms in total. The molecule has 2 rings (SSSR count). The molecule has 1 saturated heterocycles. The van der Waals surface area contributed by atoms with Gasteiger partial charge in [0.1, 0.15) is 0 Å². The van der Waals surface area contributed by atoms with Crippen LogP contribution in [0.2, 0.25) is 0 Å². The largest absolute Gasteiger partial charge is 0.378 e. The monoisotopic (exact) mass is 209 g/mol. The smallest absolute Gasteiger partial charge is 0.0644 e. The molecule has 0 aromatic carbocycles. The number of rotatable bonds is 3. The number of aromatic nitrogens is 2. The number of aryl methyl sites for hydroxylation is 2. The summed E-state index contributed by atoms with van der Waals surface area (Å²) in [6, 6.07) is 0.867. The van der Waals surface area contributed by atoms with E-state index < -0.39 is 0 Å². The number of ether oxygens (including phenoxy) is 1. The zero-order valence-corrected chi connectivity index (χ0v) is 9.87. The van der Waals surface area contributed by atoms with Crippen molar-refractivity contribution in [3.05, 3.63) is 17.0 Å². The molecule has 84 valence electrons. The van der Waals surface area contributed by atoms with Crippen LogP contribution in [-0.4, -0.2) is 29.0 Å². The third-order valence-electron chi connectivity index (χ3n) is 3.12. The van der Waals surface area contributed by atoms with Crippen molar-refractivity contribution in [3.63, 3.8) is 0 Å². The highest BCUT2D eigenvalue weighted by atomic mass is 16.5. The first-order valence-corrected chi connectivity index (χ1v) is 5.43. The van der Waals surface area contributed by atoms with E-state index in [-0.39, 0.29) is 0 Å². The molecule has 0 radical (unpaired) electrons. The standard InChI is InChI=1S/C11H19N3O/c1-7(12-10-5-15-6-10)11-8(2)13-14(4)9(11)3/h7,10,12H,5-6H2,1-4H3. The summed E-state index contributed by atoms with van der Waals surface area (Å²) in [5.41, 5.74) is 3.69. The van der Waals surface area contributed by atoms with E-state index in [0.29, 0.717) is 12.1 Å². The summed E-state index contributed by atoms with van der Waals surface area (Å²) in [6.07, 6.45) is 0. The molecule has 1 aromatic rings. The van der Waals surface area contributed by atoms with Gasteiger partial charge in [0.15, 0.2) is 0 Å². The van der Waals surface area contributed by atoms with Crippen LogP contribution in [0.5, 0.6) is 0 Å². The second-order valence-corrected chi connectivity index (χ2v) is 4.33. The minimum Gasteiger partial charge on any atom is -0.378 e. The molecular weight excluding hydrogens is 190 g/mol. The van der Waals surface area contributed by atoms with Crippen molar-refractivity contribution in [1.29, 1.82) is 0 Å². The maximum Gasteiger partial charge on any atom is 0.0644 e. The fraction of sp³-hybridized carbons (Fsp3) is 0.727. The minimum atomic E-state index is 0.354. The summed E-state index contributed by atoms with van der Waals surface area (Å²) in [5, 5.41) is 7.98. The summed E-state index contributed by atoms with van der Waals surface area (Å²) in [6.45, 7) is 8.04. The highest BCUT2D eigenvalue weighted by Crippen LogP contribution is 2.21. The molecule has 1 fully saturated rings. The Morgan fingerprint density at radius 1 is 1.47 bits per heavy atom. The zero-order valence-electron chi connectivity index (χ0n) is 9.87. The van der Waals surface area contributed by atoms with Gasteiger partial charge in [-0.2, -0.15) is 5.10 Å². The van der Waals surface area contributed by atoms with Gasteiger partial charge in [-0.15, -0.1) is 0 Å². The Hall–Kier alpha value is -0.870. The maximum absolute atomic E-state index is 5.15. The van der Waals surface area contributed by atoms with E-state index in [1.54, 1.807) is 0 Å². The van der Waals surface area contributed by atoms with Gasteiger partial charge in [0.05, 0.1) is 24.9 Å². The van der Waals surface area contributed by atoms with Crippen molar-refractivity contribution in [2.24, 2.45) is 7.05 Å². The molecule has 2 heterocycles. The molecule has 15 heavy (non-hydrogen) atoms. The van der Waals surface area contributed by atoms with Crippen LogP contribution in [0.1, 0.15) is 29.9 Å². The molecule has 1 N–H and O–H groups in total. The van der Waals surface area contributed by atoms with E-state index in [9.17, 15) is 0 Å². The van der Waals surface area contributed by atoms with E-state index in [0.717, 1.165) is 18.9 Å². The lowest BCUT2D eigenvalue weighted by atomic mass is 10.1. The molecule has 1 aliphatic heterocycles. The highest BCUT2D eigenvalue weighted by molar-refractivity contribution is 5.27. The van der Waals surface area contributed by atoms with Gasteiger partial charge < -0.3 is 10.1 Å². The molecular formula is C11H19N3O. The molecule has 0 spiro atoms. The summed E-state index contributed by atoms with van der Waals surface area (Å²) in [7, 11) is 1.99. The first kappa shape index (κ1) is 10.6. The first-order valence-electron chi connectivity index (χ1n) is 5.43. The lowest BCUT2D eigenvalue weighted by molar-refractivity contribution is -0.00931. The first-order chi connectivity index (χ1) is 7.09. The second-order valence-electron chi connectivity index (χ2n) is 4.33. The number of nitrogens with zero attached hydrogens (tertiary/aromatic N) is 2. The minimum absolute atomic E-state index is 0.354. The molecule has 0 saturated carbocycles. The maximum atomic E-state index is 5.15. The van der Waals surface area contributed by atoms with E-state index in [4.69, 9.17) is 4.74 Å². The number of hydrogen-bond donors (Lipinski definition) is 1. The predicted molar refractivity (Wildman–Crippen MR) is 58.8 cm³/mol. The predicted octanol–water partition coefficient (Wildman–Crippen LogP) is 1.09. The van der Waals surface area contributed by atoms with Crippen LogP contribution in [0.15, 0.2) is 0 Å². The molecule has 1 atom stereocenters. The Morgan fingerprint density at radius 2 is 2.13 bits per heavy atom. The average molecular weight is 209 g/mol. The van der Waals surface area contributed by atoms with Crippen LogP contribution in [0.3, 0.4) is 0 Å². The van der Waals surface area contributed by atoms with E-state index in [1.165, 1.54) is 11.3 Å². The zero-order chi connectivity index (χ0) is 11.0. The van der Waals surface area contributed by atoms with Gasteiger partial charge in [-0.3, -0.25) is 4.68 Å². The Morgan fingerprint density at radius 3 is 2.53 bits per heavy atom. The Balaban J connectivity index is 2.12. The molecule has 1 aliphatic rings. The van der Waals surface area contributed by atoms with Crippen molar-refractivity contribution in [1.82, 2.24) is 15.1 Å². The summed E-state index contributed by atoms with van der Waals surface area (Å²) >= 11 is 0. The van der Waals surface area contributed by atoms with Crippen LogP contribution in [-0.2, 0) is 11.8 Å². The Labute approximate surface area is 90.6 Å². The van der Waals surface area contributed by atoms with Crippen LogP contribution in [0, 0.1) is 13.8 Å². The van der Waals surface area contributed by atoms with Crippen LogP contribution in [0.4, 0.5) is 0 Å². The van der Waals surface area contributed by atoms with Gasteiger partial charge in [0, 0.05) is 24.3 Å². The number of nitrogens with one attached hydrogen (secondary N) is 1. The lowest BCUT2D eigenvalue weighted by Crippen LogP contribution is -2.46. The van der Waals surface area contributed by atoms with Crippen molar-refractivity contribution in [3.8, 4) is 0 Å². The van der Waals surface area contributed by atoms with Gasteiger partial charge in [-0.25, -0.2) is 0 Å². The van der Waals surface area contributed by atoms with Crippen molar-refractivity contribution < 1.29 is 4.74 Å². The van der Waals surface area contributed by atoms with E-state index in [1.807, 2.05) is 11.7 Å². The normalized spacial score (nSPS) is 18.9. The third kappa shape index (κ3) is 1.92. The summed E-state index contributed by atoms with van der Waals surface area (Å²) < 4.78 is 7.10. The van der Waals surface area contributed by atoms with Gasteiger partial charge in [-0.1, -0.05) is 0 Å². The SMILES string of the molecule is Cc1nn(C)c(C)c1C(C)NC1COC1. The Kier molecular flexibility index (Phi) is 2.80. The van der Waals surface area contributed by atoms with Crippen LogP contribution < -0.4 is 5.32 Å². The van der Waals surface area contributed by atoms with Gasteiger partial charge >= 0.3 is 0 Å². The van der Waals surface area contributed by atoms with Crippen molar-refractivity contribution in [2.75, 3.05) is 13.2 Å². The molecule has 1 aromatic heterocycles. The summed E-state index contributed by atoms with van der Waals surface area (Å²) in [4.78, 5) is 0. The highest BCUT2D eigenvalue weighted by Gasteiger charge is 2.23. The van der Waals surface area contributed by atoms with Gasteiger partial charge in [0.2, 0.25) is 0 Å². The quantitative estimate of drug-likeness (QED) is 0.810. The van der Waals surface area contributed by atoms with Crippen LogP contribution in [0.25, 0.3) is 0 Å². The fourth-order valence-corrected chi connectivity index (χ4v) is 2.19. The van der Waals surface area contributed by atoms with Crippen molar-refractivity contribution >= 4 is 0 Å².